The number of carbonyl (C=O) groups is 4. The van der Waals surface area contributed by atoms with Crippen LogP contribution in [0.4, 0.5) is 0 Å². The highest BCUT2D eigenvalue weighted by molar-refractivity contribution is 7.98. The van der Waals surface area contributed by atoms with E-state index in [9.17, 15) is 24.3 Å². The van der Waals surface area contributed by atoms with Gasteiger partial charge in [-0.3, -0.25) is 14.4 Å². The van der Waals surface area contributed by atoms with Crippen LogP contribution < -0.4 is 21.7 Å². The van der Waals surface area contributed by atoms with Crippen LogP contribution in [0.1, 0.15) is 18.4 Å². The Morgan fingerprint density at radius 2 is 1.38 bits per heavy atom. The third kappa shape index (κ3) is 11.0. The summed E-state index contributed by atoms with van der Waals surface area (Å²) in [5.74, 6) is -1.52. The van der Waals surface area contributed by atoms with Gasteiger partial charge < -0.3 is 26.8 Å². The molecule has 0 aromatic heterocycles. The lowest BCUT2D eigenvalue weighted by atomic mass is 10.0. The second-order valence-electron chi connectivity index (χ2n) is 7.56. The molecule has 1 rings (SSSR count). The molecule has 0 saturated carbocycles. The fraction of sp³-hybridized carbons (Fsp3) is 0.545. The normalized spacial score (nSPS) is 14.4. The number of carboxylic acid groups (broad SMARTS) is 1. The van der Waals surface area contributed by atoms with Crippen LogP contribution in [-0.4, -0.2) is 82.7 Å². The number of nitrogens with two attached hydrogens (primary N) is 1. The van der Waals surface area contributed by atoms with Gasteiger partial charge in [0.1, 0.15) is 18.1 Å². The minimum absolute atomic E-state index is 0.119. The van der Waals surface area contributed by atoms with Gasteiger partial charge >= 0.3 is 5.97 Å². The summed E-state index contributed by atoms with van der Waals surface area (Å²) in [4.78, 5) is 50.0. The number of benzene rings is 1. The SMILES string of the molecule is CSCCC(NC(=O)C(Cc1ccccc1)NC(=O)C(CCSC)NC(=O)C(N)CS)C(=O)O. The van der Waals surface area contributed by atoms with Crippen molar-refractivity contribution >= 4 is 59.8 Å². The van der Waals surface area contributed by atoms with Gasteiger partial charge in [0.25, 0.3) is 0 Å². The molecule has 3 amide bonds. The van der Waals surface area contributed by atoms with E-state index >= 15 is 0 Å². The van der Waals surface area contributed by atoms with Crippen LogP contribution in [0, 0.1) is 0 Å². The summed E-state index contributed by atoms with van der Waals surface area (Å²) in [5.41, 5.74) is 6.51. The molecule has 34 heavy (non-hydrogen) atoms. The van der Waals surface area contributed by atoms with Gasteiger partial charge in [0.2, 0.25) is 17.7 Å². The van der Waals surface area contributed by atoms with Crippen molar-refractivity contribution in [2.75, 3.05) is 29.8 Å². The van der Waals surface area contributed by atoms with Crippen molar-refractivity contribution in [3.63, 3.8) is 0 Å². The van der Waals surface area contributed by atoms with Crippen LogP contribution in [0.15, 0.2) is 30.3 Å². The van der Waals surface area contributed by atoms with Gasteiger partial charge in [-0.15, -0.1) is 0 Å². The number of thioether (sulfide) groups is 2. The van der Waals surface area contributed by atoms with E-state index in [1.165, 1.54) is 23.5 Å². The Morgan fingerprint density at radius 1 is 0.882 bits per heavy atom. The van der Waals surface area contributed by atoms with Gasteiger partial charge in [-0.2, -0.15) is 36.2 Å². The third-order valence-electron chi connectivity index (χ3n) is 4.92. The van der Waals surface area contributed by atoms with Gasteiger partial charge in [0.15, 0.2) is 0 Å². The Kier molecular flexibility index (Phi) is 14.8. The van der Waals surface area contributed by atoms with Crippen LogP contribution in [-0.2, 0) is 25.6 Å². The van der Waals surface area contributed by atoms with Crippen molar-refractivity contribution in [2.24, 2.45) is 5.73 Å². The molecule has 1 aromatic carbocycles. The lowest BCUT2D eigenvalue weighted by Crippen LogP contribution is -2.58. The van der Waals surface area contributed by atoms with Crippen LogP contribution in [0.25, 0.3) is 0 Å². The lowest BCUT2D eigenvalue weighted by Gasteiger charge is -2.25. The molecule has 0 saturated heterocycles. The smallest absolute Gasteiger partial charge is 0.326 e. The van der Waals surface area contributed by atoms with Gasteiger partial charge in [-0.25, -0.2) is 4.79 Å². The molecule has 0 spiro atoms. The van der Waals surface area contributed by atoms with Crippen molar-refractivity contribution in [1.82, 2.24) is 16.0 Å². The van der Waals surface area contributed by atoms with E-state index in [4.69, 9.17) is 5.73 Å². The van der Waals surface area contributed by atoms with Crippen LogP contribution >= 0.6 is 36.2 Å². The minimum Gasteiger partial charge on any atom is -0.480 e. The van der Waals surface area contributed by atoms with E-state index in [-0.39, 0.29) is 18.6 Å². The Morgan fingerprint density at radius 3 is 1.91 bits per heavy atom. The van der Waals surface area contributed by atoms with Crippen LogP contribution in [0.3, 0.4) is 0 Å². The van der Waals surface area contributed by atoms with Crippen molar-refractivity contribution < 1.29 is 24.3 Å². The molecule has 0 fully saturated rings. The first-order valence-corrected chi connectivity index (χ1v) is 14.2. The molecule has 1 aromatic rings. The average molecular weight is 531 g/mol. The molecule has 6 N–H and O–H groups in total. The molecule has 190 valence electrons. The first kappa shape index (κ1) is 30.1. The Hall–Kier alpha value is -1.89. The van der Waals surface area contributed by atoms with E-state index in [1.807, 2.05) is 42.8 Å². The lowest BCUT2D eigenvalue weighted by molar-refractivity contribution is -0.142. The molecule has 4 atom stereocenters. The Bertz CT molecular complexity index is 800. The maximum atomic E-state index is 13.1. The van der Waals surface area contributed by atoms with Crippen LogP contribution in [0.2, 0.25) is 0 Å². The first-order valence-electron chi connectivity index (χ1n) is 10.8. The van der Waals surface area contributed by atoms with Gasteiger partial charge in [-0.05, 0) is 42.4 Å². The third-order valence-corrected chi connectivity index (χ3v) is 6.60. The van der Waals surface area contributed by atoms with E-state index in [0.29, 0.717) is 17.9 Å². The summed E-state index contributed by atoms with van der Waals surface area (Å²) in [6.07, 6.45) is 4.47. The van der Waals surface area contributed by atoms with E-state index in [2.05, 4.69) is 28.6 Å². The highest BCUT2D eigenvalue weighted by atomic mass is 32.2. The number of carbonyl (C=O) groups excluding carboxylic acids is 3. The molecule has 12 heteroatoms. The standard InChI is InChI=1S/C22H34N4O5S3/c1-33-10-8-16(24-19(27)15(23)13-32)20(28)26-18(12-14-6-4-3-5-7-14)21(29)25-17(22(30)31)9-11-34-2/h3-7,15-18,32H,8-13,23H2,1-2H3,(H,24,27)(H,25,29)(H,26,28)(H,30,31). The fourth-order valence-corrected chi connectivity index (χ4v) is 4.07. The summed E-state index contributed by atoms with van der Waals surface area (Å²) in [5, 5.41) is 17.4. The Balaban J connectivity index is 3.06. The summed E-state index contributed by atoms with van der Waals surface area (Å²) >= 11 is 7.00. The molecular weight excluding hydrogens is 496 g/mol. The number of thiol groups is 1. The number of nitrogens with one attached hydrogen (secondary N) is 3. The van der Waals surface area contributed by atoms with Gasteiger partial charge in [0.05, 0.1) is 6.04 Å². The summed E-state index contributed by atoms with van der Waals surface area (Å²) in [6.45, 7) is 0. The number of carboxylic acids is 1. The highest BCUT2D eigenvalue weighted by Crippen LogP contribution is 2.08. The largest absolute Gasteiger partial charge is 0.480 e. The second-order valence-corrected chi connectivity index (χ2v) is 9.90. The first-order chi connectivity index (χ1) is 16.2. The zero-order valence-electron chi connectivity index (χ0n) is 19.4. The monoisotopic (exact) mass is 530 g/mol. The number of aliphatic carboxylic acids is 1. The maximum absolute atomic E-state index is 13.1. The van der Waals surface area contributed by atoms with Crippen molar-refractivity contribution in [1.29, 1.82) is 0 Å². The van der Waals surface area contributed by atoms with E-state index in [0.717, 1.165) is 5.56 Å². The van der Waals surface area contributed by atoms with E-state index in [1.54, 1.807) is 0 Å². The predicted octanol–water partition coefficient (Wildman–Crippen LogP) is 0.531. The molecule has 0 aliphatic heterocycles. The predicted molar refractivity (Wildman–Crippen MR) is 141 cm³/mol. The number of amides is 3. The van der Waals surface area contributed by atoms with Gasteiger partial charge in [-0.1, -0.05) is 30.3 Å². The van der Waals surface area contributed by atoms with Gasteiger partial charge in [0, 0.05) is 12.2 Å². The zero-order chi connectivity index (χ0) is 25.5. The molecule has 9 nitrogen and oxygen atoms in total. The molecular formula is C22H34N4O5S3. The number of rotatable bonds is 16. The molecule has 0 aliphatic rings. The van der Waals surface area contributed by atoms with Crippen molar-refractivity contribution in [3.8, 4) is 0 Å². The molecule has 0 bridgehead atoms. The quantitative estimate of drug-likeness (QED) is 0.169. The van der Waals surface area contributed by atoms with Crippen LogP contribution in [0.5, 0.6) is 0 Å². The Labute approximate surface area is 214 Å². The van der Waals surface area contributed by atoms with E-state index < -0.39 is 47.9 Å². The number of hydrogen-bond acceptors (Lipinski definition) is 8. The topological polar surface area (TPSA) is 151 Å². The minimum atomic E-state index is -1.14. The molecule has 4 unspecified atom stereocenters. The second kappa shape index (κ2) is 16.7. The zero-order valence-corrected chi connectivity index (χ0v) is 21.9. The van der Waals surface area contributed by atoms with Crippen molar-refractivity contribution in [3.05, 3.63) is 35.9 Å². The highest BCUT2D eigenvalue weighted by Gasteiger charge is 2.30. The average Bonchev–Trinajstić information content (AvgIpc) is 2.83. The molecule has 0 aliphatic carbocycles. The summed E-state index contributed by atoms with van der Waals surface area (Å²) < 4.78 is 0. The maximum Gasteiger partial charge on any atom is 0.326 e. The summed E-state index contributed by atoms with van der Waals surface area (Å²) in [7, 11) is 0. The summed E-state index contributed by atoms with van der Waals surface area (Å²) in [6, 6.07) is 5.21. The van der Waals surface area contributed by atoms with Crippen molar-refractivity contribution in [2.45, 2.75) is 43.4 Å². The molecule has 0 radical (unpaired) electrons. The number of hydrogen-bond donors (Lipinski definition) is 6. The molecule has 0 heterocycles. The fourth-order valence-electron chi connectivity index (χ4n) is 2.96.